The molecule has 2 aromatic carbocycles. The highest BCUT2D eigenvalue weighted by Gasteiger charge is 2.16. The molecule has 0 spiro atoms. The molecular weight excluding hydrogens is 320 g/mol. The first-order chi connectivity index (χ1) is 11.8. The van der Waals surface area contributed by atoms with Gasteiger partial charge in [-0.1, -0.05) is 12.1 Å². The average Bonchev–Trinajstić information content (AvgIpc) is 2.95. The summed E-state index contributed by atoms with van der Waals surface area (Å²) in [5.74, 6) is 0.498. The van der Waals surface area contributed by atoms with Crippen LogP contribution in [-0.4, -0.2) is 70.1 Å². The maximum Gasteiger partial charge on any atom is 0.146 e. The molecular formula is C18H23N4O3+. The van der Waals surface area contributed by atoms with Gasteiger partial charge in [-0.25, -0.2) is 0 Å². The first-order valence-corrected chi connectivity index (χ1v) is 8.09. The lowest BCUT2D eigenvalue weighted by Gasteiger charge is -2.26. The maximum absolute atomic E-state index is 10.3. The van der Waals surface area contributed by atoms with Crippen LogP contribution in [-0.2, 0) is 0 Å². The Balaban J connectivity index is 1.72. The summed E-state index contributed by atoms with van der Waals surface area (Å²) in [6.07, 6.45) is -0.583. The molecule has 0 fully saturated rings. The lowest BCUT2D eigenvalue weighted by atomic mass is 10.2. The van der Waals surface area contributed by atoms with Crippen molar-refractivity contribution >= 4 is 11.0 Å². The second kappa shape index (κ2) is 6.70. The van der Waals surface area contributed by atoms with Crippen LogP contribution in [0.2, 0.25) is 0 Å². The SMILES string of the molecule is C[N+](C)(C)CC(O)COc1ccc(-n2nc3ccccc3n2)c(O)c1. The number of likely N-dealkylation sites (N-methyl/N-ethyl adjacent to an activating group) is 1. The molecule has 0 aliphatic heterocycles. The van der Waals surface area contributed by atoms with Crippen molar-refractivity contribution in [3.05, 3.63) is 42.5 Å². The highest BCUT2D eigenvalue weighted by atomic mass is 16.5. The van der Waals surface area contributed by atoms with Crippen molar-refractivity contribution in [2.24, 2.45) is 0 Å². The van der Waals surface area contributed by atoms with Crippen molar-refractivity contribution in [2.75, 3.05) is 34.3 Å². The van der Waals surface area contributed by atoms with E-state index in [1.165, 1.54) is 10.9 Å². The van der Waals surface area contributed by atoms with E-state index in [-0.39, 0.29) is 12.4 Å². The summed E-state index contributed by atoms with van der Waals surface area (Å²) in [6.45, 7) is 0.742. The molecule has 25 heavy (non-hydrogen) atoms. The molecule has 1 unspecified atom stereocenters. The number of aliphatic hydroxyl groups is 1. The molecule has 0 amide bonds. The fourth-order valence-corrected chi connectivity index (χ4v) is 2.61. The Kier molecular flexibility index (Phi) is 4.61. The molecule has 7 heteroatoms. The Bertz CT molecular complexity index is 837. The predicted octanol–water partition coefficient (Wildman–Crippen LogP) is 1.57. The molecule has 3 aromatic rings. The highest BCUT2D eigenvalue weighted by Crippen LogP contribution is 2.26. The number of hydrogen-bond acceptors (Lipinski definition) is 5. The number of hydrogen-bond donors (Lipinski definition) is 2. The summed E-state index contributed by atoms with van der Waals surface area (Å²) in [4.78, 5) is 1.40. The summed E-state index contributed by atoms with van der Waals surface area (Å²) in [6, 6.07) is 12.4. The zero-order chi connectivity index (χ0) is 18.0. The average molecular weight is 343 g/mol. The lowest BCUT2D eigenvalue weighted by Crippen LogP contribution is -2.43. The monoisotopic (exact) mass is 343 g/mol. The van der Waals surface area contributed by atoms with E-state index in [2.05, 4.69) is 10.2 Å². The topological polar surface area (TPSA) is 80.4 Å². The van der Waals surface area contributed by atoms with Crippen molar-refractivity contribution in [1.29, 1.82) is 0 Å². The largest absolute Gasteiger partial charge is 0.505 e. The van der Waals surface area contributed by atoms with Gasteiger partial charge in [0.15, 0.2) is 0 Å². The molecule has 1 atom stereocenters. The van der Waals surface area contributed by atoms with Gasteiger partial charge in [0.25, 0.3) is 0 Å². The van der Waals surface area contributed by atoms with Crippen LogP contribution < -0.4 is 4.74 Å². The Hall–Kier alpha value is -2.64. The normalized spacial score (nSPS) is 13.1. The second-order valence-electron chi connectivity index (χ2n) is 7.07. The molecule has 0 saturated heterocycles. The van der Waals surface area contributed by atoms with Crippen molar-refractivity contribution in [3.63, 3.8) is 0 Å². The fourth-order valence-electron chi connectivity index (χ4n) is 2.61. The van der Waals surface area contributed by atoms with E-state index in [4.69, 9.17) is 4.74 Å². The van der Waals surface area contributed by atoms with Gasteiger partial charge in [-0.15, -0.1) is 15.0 Å². The molecule has 0 aliphatic carbocycles. The number of ether oxygens (including phenoxy) is 1. The van der Waals surface area contributed by atoms with E-state index in [0.717, 1.165) is 11.0 Å². The van der Waals surface area contributed by atoms with E-state index in [1.807, 2.05) is 45.4 Å². The minimum absolute atomic E-state index is 0.0129. The summed E-state index contributed by atoms with van der Waals surface area (Å²) < 4.78 is 6.22. The molecule has 0 radical (unpaired) electrons. The molecule has 3 rings (SSSR count). The van der Waals surface area contributed by atoms with E-state index in [0.29, 0.717) is 22.5 Å². The number of phenolic OH excluding ortho intramolecular Hbond substituents is 1. The second-order valence-corrected chi connectivity index (χ2v) is 7.07. The summed E-state index contributed by atoms with van der Waals surface area (Å²) in [7, 11) is 6.01. The number of aromatic nitrogens is 3. The number of quaternary nitrogens is 1. The van der Waals surface area contributed by atoms with Crippen LogP contribution in [0.5, 0.6) is 11.5 Å². The van der Waals surface area contributed by atoms with Crippen molar-refractivity contribution in [1.82, 2.24) is 15.0 Å². The minimum Gasteiger partial charge on any atom is -0.505 e. The lowest BCUT2D eigenvalue weighted by molar-refractivity contribution is -0.873. The van der Waals surface area contributed by atoms with Crippen LogP contribution in [0.3, 0.4) is 0 Å². The van der Waals surface area contributed by atoms with Gasteiger partial charge in [0.05, 0.1) is 21.1 Å². The summed E-state index contributed by atoms with van der Waals surface area (Å²) in [5, 5.41) is 29.0. The van der Waals surface area contributed by atoms with Crippen LogP contribution >= 0.6 is 0 Å². The third kappa shape index (κ3) is 4.26. The zero-order valence-electron chi connectivity index (χ0n) is 14.6. The summed E-state index contributed by atoms with van der Waals surface area (Å²) >= 11 is 0. The number of phenols is 1. The van der Waals surface area contributed by atoms with Gasteiger partial charge in [-0.2, -0.15) is 0 Å². The molecule has 0 aliphatic rings. The van der Waals surface area contributed by atoms with Crippen molar-refractivity contribution in [2.45, 2.75) is 6.10 Å². The van der Waals surface area contributed by atoms with Crippen molar-refractivity contribution in [3.8, 4) is 17.2 Å². The Morgan fingerprint density at radius 2 is 1.72 bits per heavy atom. The van der Waals surface area contributed by atoms with E-state index in [9.17, 15) is 10.2 Å². The van der Waals surface area contributed by atoms with Gasteiger partial charge < -0.3 is 19.4 Å². The standard InChI is InChI=1S/C18H22N4O3/c1-22(2,3)11-13(23)12-25-14-8-9-17(18(24)10-14)21-19-15-6-4-5-7-16(15)20-21/h4-10,13,23H,11-12H2,1-3H3/p+1. The number of fused-ring (bicyclic) bond motifs is 1. The molecule has 2 N–H and O–H groups in total. The van der Waals surface area contributed by atoms with Gasteiger partial charge in [-0.05, 0) is 24.3 Å². The Morgan fingerprint density at radius 3 is 2.28 bits per heavy atom. The van der Waals surface area contributed by atoms with E-state index in [1.54, 1.807) is 12.1 Å². The molecule has 1 aromatic heterocycles. The van der Waals surface area contributed by atoms with Crippen LogP contribution in [0, 0.1) is 0 Å². The molecule has 0 saturated carbocycles. The molecule has 0 bridgehead atoms. The minimum atomic E-state index is -0.583. The molecule has 132 valence electrons. The van der Waals surface area contributed by atoms with Gasteiger partial charge >= 0.3 is 0 Å². The Labute approximate surface area is 146 Å². The highest BCUT2D eigenvalue weighted by molar-refractivity contribution is 5.73. The van der Waals surface area contributed by atoms with Crippen LogP contribution in [0.15, 0.2) is 42.5 Å². The van der Waals surface area contributed by atoms with Crippen LogP contribution in [0.1, 0.15) is 0 Å². The van der Waals surface area contributed by atoms with Crippen LogP contribution in [0.4, 0.5) is 0 Å². The molecule has 7 nitrogen and oxygen atoms in total. The van der Waals surface area contributed by atoms with Gasteiger partial charge in [0.1, 0.15) is 47.5 Å². The Morgan fingerprint density at radius 1 is 1.08 bits per heavy atom. The first kappa shape index (κ1) is 17.2. The third-order valence-corrected chi connectivity index (χ3v) is 3.65. The zero-order valence-corrected chi connectivity index (χ0v) is 14.6. The quantitative estimate of drug-likeness (QED) is 0.664. The molecule has 1 heterocycles. The first-order valence-electron chi connectivity index (χ1n) is 8.09. The van der Waals surface area contributed by atoms with Gasteiger partial charge in [0.2, 0.25) is 0 Å². The van der Waals surface area contributed by atoms with E-state index >= 15 is 0 Å². The number of rotatable bonds is 6. The van der Waals surface area contributed by atoms with Gasteiger partial charge in [-0.3, -0.25) is 0 Å². The number of benzene rings is 2. The van der Waals surface area contributed by atoms with E-state index < -0.39 is 6.10 Å². The number of aromatic hydroxyl groups is 1. The van der Waals surface area contributed by atoms with Crippen molar-refractivity contribution < 1.29 is 19.4 Å². The summed E-state index contributed by atoms with van der Waals surface area (Å²) in [5.41, 5.74) is 1.98. The number of nitrogens with zero attached hydrogens (tertiary/aromatic N) is 4. The third-order valence-electron chi connectivity index (χ3n) is 3.65. The smallest absolute Gasteiger partial charge is 0.146 e. The van der Waals surface area contributed by atoms with Crippen LogP contribution in [0.25, 0.3) is 16.7 Å². The predicted molar refractivity (Wildman–Crippen MR) is 94.9 cm³/mol. The number of aliphatic hydroxyl groups excluding tert-OH is 1. The maximum atomic E-state index is 10.3. The van der Waals surface area contributed by atoms with Gasteiger partial charge in [0, 0.05) is 6.07 Å². The fraction of sp³-hybridized carbons (Fsp3) is 0.333.